The lowest BCUT2D eigenvalue weighted by atomic mass is 10.1. The number of hydrogen-bond acceptors (Lipinski definition) is 3. The van der Waals surface area contributed by atoms with Crippen molar-refractivity contribution in [3.05, 3.63) is 54.6 Å². The van der Waals surface area contributed by atoms with Crippen molar-refractivity contribution in [2.45, 2.75) is 20.8 Å². The van der Waals surface area contributed by atoms with E-state index in [0.717, 1.165) is 10.8 Å². The predicted octanol–water partition coefficient (Wildman–Crippen LogP) is 3.61. The van der Waals surface area contributed by atoms with Crippen molar-refractivity contribution in [1.82, 2.24) is 0 Å². The second-order valence-electron chi connectivity index (χ2n) is 4.80. The monoisotopic (exact) mass is 316 g/mol. The van der Waals surface area contributed by atoms with Crippen LogP contribution < -0.4 is 5.19 Å². The summed E-state index contributed by atoms with van der Waals surface area (Å²) in [5, 5.41) is 1.01. The number of benzene rings is 2. The number of rotatable bonds is 8. The van der Waals surface area contributed by atoms with E-state index in [-0.39, 0.29) is 0 Å². The Morgan fingerprint density at radius 2 is 1.23 bits per heavy atom. The Hall–Kier alpha value is -1.46. The normalized spacial score (nSPS) is 11.6. The third-order valence-corrected chi connectivity index (χ3v) is 6.35. The molecule has 2 rings (SSSR count). The van der Waals surface area contributed by atoms with E-state index in [9.17, 15) is 0 Å². The summed E-state index contributed by atoms with van der Waals surface area (Å²) in [7, 11) is -2.84. The summed E-state index contributed by atoms with van der Waals surface area (Å²) in [5.74, 6) is 0. The second-order valence-corrected chi connectivity index (χ2v) is 7.36. The van der Waals surface area contributed by atoms with E-state index in [1.807, 2.05) is 51.1 Å². The Morgan fingerprint density at radius 1 is 0.682 bits per heavy atom. The SMILES string of the molecule is CCO[Si](OCC)(OCC)c1cccc(-c2ccccc2)c1. The van der Waals surface area contributed by atoms with Gasteiger partial charge < -0.3 is 13.3 Å². The van der Waals surface area contributed by atoms with E-state index in [1.54, 1.807) is 0 Å². The second kappa shape index (κ2) is 8.24. The molecule has 0 unspecified atom stereocenters. The van der Waals surface area contributed by atoms with Crippen LogP contribution in [0.4, 0.5) is 0 Å². The Kier molecular flexibility index (Phi) is 6.33. The lowest BCUT2D eigenvalue weighted by Crippen LogP contribution is -2.56. The molecule has 0 saturated carbocycles. The van der Waals surface area contributed by atoms with Crippen LogP contribution in [0.25, 0.3) is 11.1 Å². The lowest BCUT2D eigenvalue weighted by molar-refractivity contribution is 0.0859. The van der Waals surface area contributed by atoms with Crippen molar-refractivity contribution in [2.24, 2.45) is 0 Å². The molecule has 0 aromatic heterocycles. The fourth-order valence-electron chi connectivity index (χ4n) is 2.46. The molecule has 0 spiro atoms. The molecule has 118 valence electrons. The summed E-state index contributed by atoms with van der Waals surface area (Å²) < 4.78 is 17.9. The van der Waals surface area contributed by atoms with Gasteiger partial charge in [-0.25, -0.2) is 0 Å². The minimum absolute atomic E-state index is 0.571. The van der Waals surface area contributed by atoms with Crippen LogP contribution in [0.5, 0.6) is 0 Å². The third kappa shape index (κ3) is 3.84. The van der Waals surface area contributed by atoms with Crippen LogP contribution in [-0.2, 0) is 13.3 Å². The Bertz CT molecular complexity index is 555. The van der Waals surface area contributed by atoms with Crippen molar-refractivity contribution in [3.8, 4) is 11.1 Å². The van der Waals surface area contributed by atoms with Gasteiger partial charge in [0.15, 0.2) is 0 Å². The lowest BCUT2D eigenvalue weighted by Gasteiger charge is -2.28. The zero-order valence-corrected chi connectivity index (χ0v) is 14.5. The predicted molar refractivity (Wildman–Crippen MR) is 92.1 cm³/mol. The largest absolute Gasteiger partial charge is 0.537 e. The Morgan fingerprint density at radius 3 is 1.77 bits per heavy atom. The maximum absolute atomic E-state index is 5.98. The molecule has 0 aliphatic rings. The molecule has 0 saturated heterocycles. The molecule has 2 aromatic rings. The van der Waals surface area contributed by atoms with Crippen LogP contribution in [0.2, 0.25) is 0 Å². The highest BCUT2D eigenvalue weighted by atomic mass is 28.4. The zero-order valence-electron chi connectivity index (χ0n) is 13.5. The molecule has 0 bridgehead atoms. The number of hydrogen-bond donors (Lipinski definition) is 0. The summed E-state index contributed by atoms with van der Waals surface area (Å²) in [5.41, 5.74) is 2.32. The fourth-order valence-corrected chi connectivity index (χ4v) is 4.99. The van der Waals surface area contributed by atoms with E-state index < -0.39 is 8.80 Å². The minimum atomic E-state index is -2.84. The molecule has 0 heterocycles. The highest BCUT2D eigenvalue weighted by Crippen LogP contribution is 2.20. The highest BCUT2D eigenvalue weighted by molar-refractivity contribution is 6.75. The van der Waals surface area contributed by atoms with Gasteiger partial charge in [0, 0.05) is 25.0 Å². The van der Waals surface area contributed by atoms with Gasteiger partial charge in [-0.2, -0.15) is 0 Å². The van der Waals surface area contributed by atoms with Gasteiger partial charge in [-0.3, -0.25) is 0 Å². The van der Waals surface area contributed by atoms with Gasteiger partial charge in [0.1, 0.15) is 0 Å². The van der Waals surface area contributed by atoms with E-state index in [2.05, 4.69) is 24.3 Å². The van der Waals surface area contributed by atoms with Crippen LogP contribution >= 0.6 is 0 Å². The first-order chi connectivity index (χ1) is 10.8. The average Bonchev–Trinajstić information content (AvgIpc) is 2.56. The van der Waals surface area contributed by atoms with E-state index >= 15 is 0 Å². The fraction of sp³-hybridized carbons (Fsp3) is 0.333. The van der Waals surface area contributed by atoms with Gasteiger partial charge in [0.25, 0.3) is 0 Å². The molecule has 0 aliphatic heterocycles. The summed E-state index contributed by atoms with van der Waals surface area (Å²) in [6.45, 7) is 7.63. The maximum atomic E-state index is 5.98. The van der Waals surface area contributed by atoms with Crippen LogP contribution in [0.1, 0.15) is 20.8 Å². The van der Waals surface area contributed by atoms with Gasteiger partial charge in [-0.15, -0.1) is 0 Å². The molecule has 0 atom stereocenters. The molecule has 4 heteroatoms. The molecule has 0 fully saturated rings. The molecule has 22 heavy (non-hydrogen) atoms. The first kappa shape index (κ1) is 16.9. The quantitative estimate of drug-likeness (QED) is 0.696. The molecule has 0 amide bonds. The molecule has 2 aromatic carbocycles. The van der Waals surface area contributed by atoms with Crippen LogP contribution in [0.3, 0.4) is 0 Å². The summed E-state index contributed by atoms with van der Waals surface area (Å²) >= 11 is 0. The van der Waals surface area contributed by atoms with Crippen LogP contribution in [-0.4, -0.2) is 28.6 Å². The molecule has 3 nitrogen and oxygen atoms in total. The standard InChI is InChI=1S/C18H24O3Si/c1-4-19-22(20-5-2,21-6-3)18-14-10-13-17(15-18)16-11-8-7-9-12-16/h7-15H,4-6H2,1-3H3. The van der Waals surface area contributed by atoms with Crippen molar-refractivity contribution in [3.63, 3.8) is 0 Å². The van der Waals surface area contributed by atoms with E-state index in [0.29, 0.717) is 19.8 Å². The van der Waals surface area contributed by atoms with E-state index in [1.165, 1.54) is 5.56 Å². The smallest absolute Gasteiger partial charge is 0.370 e. The molecule has 0 radical (unpaired) electrons. The molecule has 0 N–H and O–H groups in total. The van der Waals surface area contributed by atoms with Crippen molar-refractivity contribution in [1.29, 1.82) is 0 Å². The van der Waals surface area contributed by atoms with Crippen molar-refractivity contribution >= 4 is 14.0 Å². The minimum Gasteiger partial charge on any atom is -0.370 e. The first-order valence-corrected chi connectivity index (χ1v) is 9.56. The third-order valence-electron chi connectivity index (χ3n) is 3.33. The summed E-state index contributed by atoms with van der Waals surface area (Å²) in [6, 6.07) is 18.6. The van der Waals surface area contributed by atoms with Crippen molar-refractivity contribution < 1.29 is 13.3 Å². The van der Waals surface area contributed by atoms with Crippen LogP contribution in [0.15, 0.2) is 54.6 Å². The van der Waals surface area contributed by atoms with Gasteiger partial charge in [0.05, 0.1) is 0 Å². The van der Waals surface area contributed by atoms with Crippen LogP contribution in [0, 0.1) is 0 Å². The highest BCUT2D eigenvalue weighted by Gasteiger charge is 2.43. The van der Waals surface area contributed by atoms with Gasteiger partial charge in [-0.05, 0) is 38.0 Å². The van der Waals surface area contributed by atoms with Gasteiger partial charge in [-0.1, -0.05) is 48.5 Å². The van der Waals surface area contributed by atoms with Gasteiger partial charge in [0.2, 0.25) is 0 Å². The maximum Gasteiger partial charge on any atom is 0.537 e. The Balaban J connectivity index is 2.43. The first-order valence-electron chi connectivity index (χ1n) is 7.83. The topological polar surface area (TPSA) is 27.7 Å². The molecular weight excluding hydrogens is 292 g/mol. The Labute approximate surface area is 134 Å². The van der Waals surface area contributed by atoms with E-state index in [4.69, 9.17) is 13.3 Å². The molecule has 0 aliphatic carbocycles. The molecular formula is C18H24O3Si. The average molecular weight is 316 g/mol. The summed E-state index contributed by atoms with van der Waals surface area (Å²) in [6.07, 6.45) is 0. The zero-order chi connectivity index (χ0) is 15.8. The van der Waals surface area contributed by atoms with Crippen molar-refractivity contribution in [2.75, 3.05) is 19.8 Å². The summed E-state index contributed by atoms with van der Waals surface area (Å²) in [4.78, 5) is 0. The van der Waals surface area contributed by atoms with Gasteiger partial charge >= 0.3 is 8.80 Å².